The summed E-state index contributed by atoms with van der Waals surface area (Å²) < 4.78 is 1.27. The highest BCUT2D eigenvalue weighted by molar-refractivity contribution is 7.13. The Hall–Kier alpha value is -2.80. The zero-order valence-corrected chi connectivity index (χ0v) is 13.7. The zero-order chi connectivity index (χ0) is 16.8. The van der Waals surface area contributed by atoms with Crippen molar-refractivity contribution in [3.8, 4) is 10.6 Å². The summed E-state index contributed by atoms with van der Waals surface area (Å²) in [5.41, 5.74) is 1.79. The van der Waals surface area contributed by atoms with Gasteiger partial charge in [-0.3, -0.25) is 14.2 Å². The smallest absolute Gasteiger partial charge is 0.253 e. The van der Waals surface area contributed by atoms with Crippen LogP contribution >= 0.6 is 11.3 Å². The highest BCUT2D eigenvalue weighted by atomic mass is 32.1. The molecule has 0 aliphatic rings. The van der Waals surface area contributed by atoms with Crippen LogP contribution in [-0.2, 0) is 17.8 Å². The molecule has 24 heavy (non-hydrogen) atoms. The summed E-state index contributed by atoms with van der Waals surface area (Å²) in [6.07, 6.45) is 3.41. The summed E-state index contributed by atoms with van der Waals surface area (Å²) in [5.74, 6) is -0.219. The summed E-state index contributed by atoms with van der Waals surface area (Å²) in [5, 5.41) is 5.77. The van der Waals surface area contributed by atoms with E-state index in [-0.39, 0.29) is 18.0 Å². The standard InChI is InChI=1S/C17H16N4O2S/c22-15(10-21-12-18-8-7-16(21)23)19-9-6-14-11-24-17(20-14)13-4-2-1-3-5-13/h1-5,7-8,11-12H,6,9-10H2,(H,19,22). The number of nitrogens with one attached hydrogen (secondary N) is 1. The number of carbonyl (C=O) groups excluding carboxylic acids is 1. The van der Waals surface area contributed by atoms with Crippen LogP contribution in [0.4, 0.5) is 0 Å². The fourth-order valence-electron chi connectivity index (χ4n) is 2.17. The van der Waals surface area contributed by atoms with E-state index in [1.165, 1.54) is 23.2 Å². The normalized spacial score (nSPS) is 10.5. The average molecular weight is 340 g/mol. The van der Waals surface area contributed by atoms with E-state index in [4.69, 9.17) is 0 Å². The third-order valence-electron chi connectivity index (χ3n) is 3.38. The van der Waals surface area contributed by atoms with E-state index in [1.807, 2.05) is 35.7 Å². The Morgan fingerprint density at radius 2 is 2.04 bits per heavy atom. The number of nitrogens with zero attached hydrogens (tertiary/aromatic N) is 3. The Morgan fingerprint density at radius 3 is 2.83 bits per heavy atom. The van der Waals surface area contributed by atoms with E-state index < -0.39 is 0 Å². The molecule has 122 valence electrons. The number of amides is 1. The molecule has 0 spiro atoms. The van der Waals surface area contributed by atoms with Crippen LogP contribution in [-0.4, -0.2) is 27.0 Å². The molecule has 3 rings (SSSR count). The predicted octanol–water partition coefficient (Wildman–Crippen LogP) is 1.73. The third-order valence-corrected chi connectivity index (χ3v) is 4.32. The number of benzene rings is 1. The molecule has 0 unspecified atom stereocenters. The van der Waals surface area contributed by atoms with Crippen LogP contribution in [0.3, 0.4) is 0 Å². The van der Waals surface area contributed by atoms with E-state index in [2.05, 4.69) is 15.3 Å². The molecule has 1 N–H and O–H groups in total. The molecule has 0 aliphatic heterocycles. The van der Waals surface area contributed by atoms with Gasteiger partial charge in [0.05, 0.1) is 12.0 Å². The number of thiazole rings is 1. The highest BCUT2D eigenvalue weighted by Gasteiger charge is 2.06. The first kappa shape index (κ1) is 16.1. The minimum absolute atomic E-state index is 0.0288. The summed E-state index contributed by atoms with van der Waals surface area (Å²) in [6.45, 7) is 0.449. The quantitative estimate of drug-likeness (QED) is 0.741. The fraction of sp³-hybridized carbons (Fsp3) is 0.176. The molecule has 0 saturated heterocycles. The molecule has 3 aromatic rings. The lowest BCUT2D eigenvalue weighted by Gasteiger charge is -2.05. The van der Waals surface area contributed by atoms with E-state index in [1.54, 1.807) is 11.3 Å². The minimum Gasteiger partial charge on any atom is -0.354 e. The maximum atomic E-state index is 11.9. The predicted molar refractivity (Wildman–Crippen MR) is 92.8 cm³/mol. The number of hydrogen-bond donors (Lipinski definition) is 1. The molecule has 0 atom stereocenters. The molecule has 1 aromatic carbocycles. The van der Waals surface area contributed by atoms with E-state index in [0.29, 0.717) is 13.0 Å². The molecular weight excluding hydrogens is 324 g/mol. The van der Waals surface area contributed by atoms with Gasteiger partial charge < -0.3 is 5.32 Å². The van der Waals surface area contributed by atoms with Crippen molar-refractivity contribution >= 4 is 17.2 Å². The number of hydrogen-bond acceptors (Lipinski definition) is 5. The number of aromatic nitrogens is 3. The molecule has 6 nitrogen and oxygen atoms in total. The topological polar surface area (TPSA) is 76.9 Å². The summed E-state index contributed by atoms with van der Waals surface area (Å²) in [6, 6.07) is 11.3. The van der Waals surface area contributed by atoms with Crippen LogP contribution in [0.15, 0.2) is 59.1 Å². The van der Waals surface area contributed by atoms with Crippen LogP contribution < -0.4 is 10.9 Å². The van der Waals surface area contributed by atoms with Gasteiger partial charge in [-0.15, -0.1) is 11.3 Å². The molecule has 2 heterocycles. The van der Waals surface area contributed by atoms with Gasteiger partial charge in [-0.05, 0) is 0 Å². The van der Waals surface area contributed by atoms with Gasteiger partial charge in [-0.2, -0.15) is 0 Å². The van der Waals surface area contributed by atoms with Gasteiger partial charge in [0.2, 0.25) is 5.91 Å². The van der Waals surface area contributed by atoms with E-state index in [9.17, 15) is 9.59 Å². The highest BCUT2D eigenvalue weighted by Crippen LogP contribution is 2.23. The van der Waals surface area contributed by atoms with Crippen molar-refractivity contribution in [3.63, 3.8) is 0 Å². The number of rotatable bonds is 6. The molecule has 0 aliphatic carbocycles. The van der Waals surface area contributed by atoms with Gasteiger partial charge in [0.25, 0.3) is 5.56 Å². The van der Waals surface area contributed by atoms with Crippen LogP contribution in [0, 0.1) is 0 Å². The maximum Gasteiger partial charge on any atom is 0.253 e. The molecule has 0 fully saturated rings. The first-order valence-electron chi connectivity index (χ1n) is 7.49. The molecular formula is C17H16N4O2S. The third kappa shape index (κ3) is 4.14. The van der Waals surface area contributed by atoms with Crippen LogP contribution in [0.1, 0.15) is 5.69 Å². The zero-order valence-electron chi connectivity index (χ0n) is 12.9. The summed E-state index contributed by atoms with van der Waals surface area (Å²) in [7, 11) is 0. The Labute approximate surface area is 142 Å². The van der Waals surface area contributed by atoms with Crippen molar-refractivity contribution in [2.45, 2.75) is 13.0 Å². The van der Waals surface area contributed by atoms with Crippen molar-refractivity contribution < 1.29 is 4.79 Å². The number of carbonyl (C=O) groups is 1. The van der Waals surface area contributed by atoms with Gasteiger partial charge in [-0.1, -0.05) is 30.3 Å². The van der Waals surface area contributed by atoms with E-state index in [0.717, 1.165) is 16.3 Å². The second kappa shape index (κ2) is 7.65. The Balaban J connectivity index is 1.50. The molecule has 0 bridgehead atoms. The Bertz CT molecular complexity index is 873. The minimum atomic E-state index is -0.243. The van der Waals surface area contributed by atoms with Crippen molar-refractivity contribution in [1.82, 2.24) is 19.9 Å². The largest absolute Gasteiger partial charge is 0.354 e. The SMILES string of the molecule is O=C(Cn1cnccc1=O)NCCc1csc(-c2ccccc2)n1. The first-order chi connectivity index (χ1) is 11.7. The monoisotopic (exact) mass is 340 g/mol. The molecule has 2 aromatic heterocycles. The summed E-state index contributed by atoms with van der Waals surface area (Å²) >= 11 is 1.59. The fourth-order valence-corrected chi connectivity index (χ4v) is 3.03. The lowest BCUT2D eigenvalue weighted by molar-refractivity contribution is -0.121. The van der Waals surface area contributed by atoms with Crippen LogP contribution in [0.25, 0.3) is 10.6 Å². The first-order valence-corrected chi connectivity index (χ1v) is 8.37. The molecule has 1 amide bonds. The van der Waals surface area contributed by atoms with Gasteiger partial charge in [0.15, 0.2) is 0 Å². The molecule has 0 radical (unpaired) electrons. The molecule has 7 heteroatoms. The maximum absolute atomic E-state index is 11.9. The van der Waals surface area contributed by atoms with Gasteiger partial charge in [-0.25, -0.2) is 9.97 Å². The molecule has 0 saturated carbocycles. The van der Waals surface area contributed by atoms with Crippen molar-refractivity contribution in [2.24, 2.45) is 0 Å². The van der Waals surface area contributed by atoms with Crippen molar-refractivity contribution in [1.29, 1.82) is 0 Å². The van der Waals surface area contributed by atoms with E-state index >= 15 is 0 Å². The average Bonchev–Trinajstić information content (AvgIpc) is 3.07. The second-order valence-electron chi connectivity index (χ2n) is 5.16. The van der Waals surface area contributed by atoms with Gasteiger partial charge >= 0.3 is 0 Å². The lowest BCUT2D eigenvalue weighted by Crippen LogP contribution is -2.33. The summed E-state index contributed by atoms with van der Waals surface area (Å²) in [4.78, 5) is 31.8. The second-order valence-corrected chi connectivity index (χ2v) is 6.01. The Kier molecular flexibility index (Phi) is 5.12. The van der Waals surface area contributed by atoms with Crippen molar-refractivity contribution in [3.05, 3.63) is 70.4 Å². The van der Waals surface area contributed by atoms with Crippen molar-refractivity contribution in [2.75, 3.05) is 6.54 Å². The lowest BCUT2D eigenvalue weighted by atomic mass is 10.2. The van der Waals surface area contributed by atoms with Crippen LogP contribution in [0.2, 0.25) is 0 Å². The van der Waals surface area contributed by atoms with Gasteiger partial charge in [0, 0.05) is 36.2 Å². The Morgan fingerprint density at radius 1 is 1.21 bits per heavy atom. The van der Waals surface area contributed by atoms with Crippen LogP contribution in [0.5, 0.6) is 0 Å². The van der Waals surface area contributed by atoms with Gasteiger partial charge in [0.1, 0.15) is 11.6 Å².